The first-order chi connectivity index (χ1) is 14.7. The van der Waals surface area contributed by atoms with Gasteiger partial charge in [-0.3, -0.25) is 9.69 Å². The van der Waals surface area contributed by atoms with Crippen molar-refractivity contribution in [1.29, 1.82) is 0 Å². The Balaban J connectivity index is 1.46. The third kappa shape index (κ3) is 5.42. The van der Waals surface area contributed by atoms with E-state index in [1.807, 2.05) is 41.6 Å². The molecule has 2 fully saturated rings. The van der Waals surface area contributed by atoms with Gasteiger partial charge in [0.2, 0.25) is 5.91 Å². The SMILES string of the molecule is O=C(C1CCCC1)N(CCN1CCOCC1)Cc1nccn1Cc1ccccc1Cl. The lowest BCUT2D eigenvalue weighted by atomic mass is 10.1. The fraction of sp³-hybridized carbons (Fsp3) is 0.565. The highest BCUT2D eigenvalue weighted by Crippen LogP contribution is 2.27. The Kier molecular flexibility index (Phi) is 7.42. The highest BCUT2D eigenvalue weighted by molar-refractivity contribution is 6.31. The molecule has 4 rings (SSSR count). The maximum atomic E-state index is 13.3. The van der Waals surface area contributed by atoms with Crippen molar-refractivity contribution >= 4 is 17.5 Å². The fourth-order valence-electron chi connectivity index (χ4n) is 4.40. The predicted octanol–water partition coefficient (Wildman–Crippen LogP) is 3.44. The molecule has 1 aromatic carbocycles. The summed E-state index contributed by atoms with van der Waals surface area (Å²) in [5, 5.41) is 0.753. The van der Waals surface area contributed by atoms with Crippen molar-refractivity contribution in [2.75, 3.05) is 39.4 Å². The highest BCUT2D eigenvalue weighted by atomic mass is 35.5. The lowest BCUT2D eigenvalue weighted by molar-refractivity contribution is -0.136. The maximum absolute atomic E-state index is 13.3. The summed E-state index contributed by atoms with van der Waals surface area (Å²) in [6.45, 7) is 6.24. The van der Waals surface area contributed by atoms with Crippen LogP contribution < -0.4 is 0 Å². The van der Waals surface area contributed by atoms with Gasteiger partial charge in [-0.2, -0.15) is 0 Å². The normalized spacial score (nSPS) is 18.0. The Bertz CT molecular complexity index is 828. The minimum atomic E-state index is 0.168. The van der Waals surface area contributed by atoms with Gasteiger partial charge in [-0.05, 0) is 24.5 Å². The van der Waals surface area contributed by atoms with Crippen molar-refractivity contribution in [2.45, 2.75) is 38.8 Å². The zero-order valence-corrected chi connectivity index (χ0v) is 18.3. The van der Waals surface area contributed by atoms with Crippen LogP contribution in [0.1, 0.15) is 37.1 Å². The Morgan fingerprint density at radius 3 is 2.73 bits per heavy atom. The second kappa shape index (κ2) is 10.4. The molecule has 0 radical (unpaired) electrons. The van der Waals surface area contributed by atoms with Crippen molar-refractivity contribution in [3.63, 3.8) is 0 Å². The number of imidazole rings is 1. The van der Waals surface area contributed by atoms with E-state index in [-0.39, 0.29) is 11.8 Å². The largest absolute Gasteiger partial charge is 0.379 e. The molecule has 1 amide bonds. The molecule has 1 saturated heterocycles. The molecule has 1 aliphatic carbocycles. The smallest absolute Gasteiger partial charge is 0.226 e. The topological polar surface area (TPSA) is 50.6 Å². The van der Waals surface area contributed by atoms with E-state index in [0.29, 0.717) is 13.1 Å². The second-order valence-electron chi connectivity index (χ2n) is 8.26. The van der Waals surface area contributed by atoms with E-state index in [0.717, 1.165) is 81.5 Å². The first kappa shape index (κ1) is 21.3. The third-order valence-electron chi connectivity index (χ3n) is 6.24. The number of ether oxygens (including phenoxy) is 1. The zero-order chi connectivity index (χ0) is 20.8. The van der Waals surface area contributed by atoms with Crippen LogP contribution in [0.4, 0.5) is 0 Å². The maximum Gasteiger partial charge on any atom is 0.226 e. The van der Waals surface area contributed by atoms with Crippen LogP contribution in [-0.2, 0) is 22.6 Å². The van der Waals surface area contributed by atoms with E-state index < -0.39 is 0 Å². The van der Waals surface area contributed by atoms with Gasteiger partial charge in [0.1, 0.15) is 5.82 Å². The van der Waals surface area contributed by atoms with Crippen molar-refractivity contribution in [1.82, 2.24) is 19.4 Å². The summed E-state index contributed by atoms with van der Waals surface area (Å²) in [7, 11) is 0. The summed E-state index contributed by atoms with van der Waals surface area (Å²) < 4.78 is 7.56. The van der Waals surface area contributed by atoms with Gasteiger partial charge >= 0.3 is 0 Å². The molecule has 0 N–H and O–H groups in total. The molecular formula is C23H31ClN4O2. The van der Waals surface area contributed by atoms with Gasteiger partial charge in [-0.25, -0.2) is 4.98 Å². The number of hydrogen-bond donors (Lipinski definition) is 0. The molecule has 0 bridgehead atoms. The Labute approximate surface area is 183 Å². The molecule has 0 spiro atoms. The van der Waals surface area contributed by atoms with Crippen molar-refractivity contribution in [2.24, 2.45) is 5.92 Å². The molecule has 1 aliphatic heterocycles. The molecule has 30 heavy (non-hydrogen) atoms. The van der Waals surface area contributed by atoms with Gasteiger partial charge in [0.15, 0.2) is 0 Å². The van der Waals surface area contributed by atoms with Crippen LogP contribution in [0.2, 0.25) is 5.02 Å². The molecule has 1 aromatic heterocycles. The van der Waals surface area contributed by atoms with Crippen LogP contribution in [0.5, 0.6) is 0 Å². The van der Waals surface area contributed by atoms with Gasteiger partial charge in [0.05, 0.1) is 26.3 Å². The Morgan fingerprint density at radius 2 is 1.97 bits per heavy atom. The quantitative estimate of drug-likeness (QED) is 0.643. The van der Waals surface area contributed by atoms with E-state index in [4.69, 9.17) is 16.3 Å². The molecule has 2 heterocycles. The minimum absolute atomic E-state index is 0.168. The highest BCUT2D eigenvalue weighted by Gasteiger charge is 2.28. The summed E-state index contributed by atoms with van der Waals surface area (Å²) >= 11 is 6.36. The first-order valence-electron chi connectivity index (χ1n) is 11.0. The van der Waals surface area contributed by atoms with Crippen LogP contribution in [0.25, 0.3) is 0 Å². The van der Waals surface area contributed by atoms with Crippen molar-refractivity contribution < 1.29 is 9.53 Å². The van der Waals surface area contributed by atoms with E-state index in [1.165, 1.54) is 0 Å². The molecule has 162 valence electrons. The molecule has 0 unspecified atom stereocenters. The summed E-state index contributed by atoms with van der Waals surface area (Å²) in [6.07, 6.45) is 8.14. The van der Waals surface area contributed by atoms with E-state index in [9.17, 15) is 4.79 Å². The summed E-state index contributed by atoms with van der Waals surface area (Å²) in [6, 6.07) is 7.88. The van der Waals surface area contributed by atoms with Crippen LogP contribution >= 0.6 is 11.6 Å². The number of carbonyl (C=O) groups excluding carboxylic acids is 1. The van der Waals surface area contributed by atoms with Gasteiger partial charge in [0.25, 0.3) is 0 Å². The van der Waals surface area contributed by atoms with Crippen molar-refractivity contribution in [3.8, 4) is 0 Å². The predicted molar refractivity (Wildman–Crippen MR) is 117 cm³/mol. The third-order valence-corrected chi connectivity index (χ3v) is 6.61. The number of rotatable bonds is 8. The van der Waals surface area contributed by atoms with E-state index in [1.54, 1.807) is 0 Å². The van der Waals surface area contributed by atoms with E-state index >= 15 is 0 Å². The molecule has 1 saturated carbocycles. The Hall–Kier alpha value is -1.89. The number of carbonyl (C=O) groups is 1. The average Bonchev–Trinajstić information content (AvgIpc) is 3.45. The van der Waals surface area contributed by atoms with Crippen LogP contribution in [0, 0.1) is 5.92 Å². The van der Waals surface area contributed by atoms with Crippen LogP contribution in [0.15, 0.2) is 36.7 Å². The fourth-order valence-corrected chi connectivity index (χ4v) is 4.60. The number of halogens is 1. The summed E-state index contributed by atoms with van der Waals surface area (Å²) in [5.74, 6) is 1.36. The number of benzene rings is 1. The van der Waals surface area contributed by atoms with E-state index in [2.05, 4.69) is 14.5 Å². The molecule has 6 nitrogen and oxygen atoms in total. The molecule has 7 heteroatoms. The molecular weight excluding hydrogens is 400 g/mol. The average molecular weight is 431 g/mol. The number of aromatic nitrogens is 2. The van der Waals surface area contributed by atoms with Gasteiger partial charge in [-0.1, -0.05) is 42.6 Å². The second-order valence-corrected chi connectivity index (χ2v) is 8.67. The minimum Gasteiger partial charge on any atom is -0.379 e. The standard InChI is InChI=1S/C23H31ClN4O2/c24-21-8-4-3-7-20(21)17-27-10-9-25-22(27)18-28(23(29)19-5-1-2-6-19)12-11-26-13-15-30-16-14-26/h3-4,7-10,19H,1-2,5-6,11-18H2. The van der Waals surface area contributed by atoms with Crippen LogP contribution in [-0.4, -0.2) is 64.7 Å². The molecule has 2 aliphatic rings. The summed E-state index contributed by atoms with van der Waals surface area (Å²) in [5.41, 5.74) is 1.06. The number of amides is 1. The molecule has 2 aromatic rings. The van der Waals surface area contributed by atoms with Crippen molar-refractivity contribution in [3.05, 3.63) is 53.1 Å². The van der Waals surface area contributed by atoms with Gasteiger partial charge in [0, 0.05) is 49.5 Å². The first-order valence-corrected chi connectivity index (χ1v) is 11.4. The number of nitrogens with zero attached hydrogens (tertiary/aromatic N) is 4. The lowest BCUT2D eigenvalue weighted by Crippen LogP contribution is -2.44. The lowest BCUT2D eigenvalue weighted by Gasteiger charge is -2.31. The molecule has 0 atom stereocenters. The Morgan fingerprint density at radius 1 is 1.20 bits per heavy atom. The zero-order valence-electron chi connectivity index (χ0n) is 17.5. The number of hydrogen-bond acceptors (Lipinski definition) is 4. The number of morpholine rings is 1. The monoisotopic (exact) mass is 430 g/mol. The summed E-state index contributed by atoms with van der Waals surface area (Å²) in [4.78, 5) is 22.3. The van der Waals surface area contributed by atoms with Crippen LogP contribution in [0.3, 0.4) is 0 Å². The van der Waals surface area contributed by atoms with Gasteiger partial charge < -0.3 is 14.2 Å². The van der Waals surface area contributed by atoms with Gasteiger partial charge in [-0.15, -0.1) is 0 Å².